The Hall–Kier alpha value is -0.800. The normalized spacial score (nSPS) is 11.7. The number of benzene rings is 1. The van der Waals surface area contributed by atoms with Crippen molar-refractivity contribution in [3.8, 4) is 0 Å². The topological polar surface area (TPSA) is 29.1 Å². The van der Waals surface area contributed by atoms with Gasteiger partial charge in [-0.1, -0.05) is 23.7 Å². The van der Waals surface area contributed by atoms with Crippen LogP contribution < -0.4 is 5.32 Å². The van der Waals surface area contributed by atoms with Crippen molar-refractivity contribution < 1.29 is 4.79 Å². The average molecular weight is 303 g/mol. The van der Waals surface area contributed by atoms with Crippen LogP contribution in [0.2, 0.25) is 5.02 Å². The Morgan fingerprint density at radius 1 is 1.38 bits per heavy atom. The number of carbonyl (C=O) groups excluding carboxylic acids is 1. The highest BCUT2D eigenvalue weighted by atomic mass is 79.9. The van der Waals surface area contributed by atoms with Crippen LogP contribution >= 0.6 is 27.5 Å². The lowest BCUT2D eigenvalue weighted by atomic mass is 10.2. The molecule has 0 bridgehead atoms. The molecule has 0 aliphatic carbocycles. The first-order valence-corrected chi connectivity index (χ1v) is 6.10. The number of nitrogens with one attached hydrogen (secondary N) is 1. The molecule has 0 radical (unpaired) electrons. The maximum Gasteiger partial charge on any atom is 0.258 e. The molecule has 1 N–H and O–H groups in total. The van der Waals surface area contributed by atoms with E-state index in [9.17, 15) is 4.79 Å². The van der Waals surface area contributed by atoms with Gasteiger partial charge in [0.2, 0.25) is 0 Å². The second kappa shape index (κ2) is 6.06. The van der Waals surface area contributed by atoms with Crippen LogP contribution in [0.3, 0.4) is 0 Å². The van der Waals surface area contributed by atoms with Gasteiger partial charge in [0, 0.05) is 11.1 Å². The molecule has 1 aromatic carbocycles. The number of hydrogen-bond acceptors (Lipinski definition) is 1. The third-order valence-electron chi connectivity index (χ3n) is 1.80. The summed E-state index contributed by atoms with van der Waals surface area (Å²) in [4.78, 5) is 11.6. The lowest BCUT2D eigenvalue weighted by Crippen LogP contribution is -2.29. The van der Waals surface area contributed by atoms with Crippen LogP contribution in [0.25, 0.3) is 6.08 Å². The second-order valence-corrected chi connectivity index (χ2v) is 4.96. The monoisotopic (exact) mass is 301 g/mol. The van der Waals surface area contributed by atoms with Crippen molar-refractivity contribution in [3.63, 3.8) is 0 Å². The number of amides is 1. The maximum absolute atomic E-state index is 11.6. The van der Waals surface area contributed by atoms with Crippen molar-refractivity contribution in [1.29, 1.82) is 0 Å². The zero-order valence-corrected chi connectivity index (χ0v) is 11.5. The highest BCUT2D eigenvalue weighted by Gasteiger charge is 2.06. The summed E-state index contributed by atoms with van der Waals surface area (Å²) in [5.74, 6) is -0.120. The molecular formula is C12H13BrClNO. The first-order chi connectivity index (χ1) is 7.49. The van der Waals surface area contributed by atoms with Gasteiger partial charge >= 0.3 is 0 Å². The minimum Gasteiger partial charge on any atom is -0.349 e. The molecule has 0 fully saturated rings. The molecule has 0 saturated heterocycles. The van der Waals surface area contributed by atoms with Gasteiger partial charge in [-0.3, -0.25) is 4.79 Å². The number of hydrogen-bond donors (Lipinski definition) is 1. The van der Waals surface area contributed by atoms with E-state index < -0.39 is 0 Å². The number of halogens is 2. The van der Waals surface area contributed by atoms with Gasteiger partial charge < -0.3 is 5.32 Å². The SMILES string of the molecule is CC(C)NC(=O)C(Br)=Cc1ccc(Cl)cc1. The van der Waals surface area contributed by atoms with Crippen LogP contribution in [0, 0.1) is 0 Å². The first-order valence-electron chi connectivity index (χ1n) is 4.92. The zero-order valence-electron chi connectivity index (χ0n) is 9.13. The predicted octanol–water partition coefficient (Wildman–Crippen LogP) is 3.60. The van der Waals surface area contributed by atoms with Crippen LogP contribution in [0.5, 0.6) is 0 Å². The number of carbonyl (C=O) groups is 1. The molecule has 0 saturated carbocycles. The molecule has 1 rings (SSSR count). The highest BCUT2D eigenvalue weighted by Crippen LogP contribution is 2.15. The van der Waals surface area contributed by atoms with E-state index in [2.05, 4.69) is 21.2 Å². The van der Waals surface area contributed by atoms with Crippen molar-refractivity contribution in [3.05, 3.63) is 39.3 Å². The van der Waals surface area contributed by atoms with Gasteiger partial charge in [-0.15, -0.1) is 0 Å². The van der Waals surface area contributed by atoms with Crippen molar-refractivity contribution in [2.75, 3.05) is 0 Å². The highest BCUT2D eigenvalue weighted by molar-refractivity contribution is 9.12. The van der Waals surface area contributed by atoms with E-state index >= 15 is 0 Å². The molecular weight excluding hydrogens is 289 g/mol. The summed E-state index contributed by atoms with van der Waals surface area (Å²) in [6, 6.07) is 7.40. The van der Waals surface area contributed by atoms with Gasteiger partial charge in [-0.25, -0.2) is 0 Å². The van der Waals surface area contributed by atoms with Crippen molar-refractivity contribution in [2.45, 2.75) is 19.9 Å². The van der Waals surface area contributed by atoms with Crippen LogP contribution in [0.15, 0.2) is 28.7 Å². The van der Waals surface area contributed by atoms with E-state index in [1.165, 1.54) is 0 Å². The van der Waals surface area contributed by atoms with Gasteiger partial charge in [-0.2, -0.15) is 0 Å². The largest absolute Gasteiger partial charge is 0.349 e. The lowest BCUT2D eigenvalue weighted by molar-refractivity contribution is -0.117. The van der Waals surface area contributed by atoms with Gasteiger partial charge in [0.1, 0.15) is 0 Å². The Morgan fingerprint density at radius 3 is 2.44 bits per heavy atom. The van der Waals surface area contributed by atoms with Gasteiger partial charge in [0.05, 0.1) is 4.48 Å². The number of rotatable bonds is 3. The predicted molar refractivity (Wildman–Crippen MR) is 71.6 cm³/mol. The third-order valence-corrected chi connectivity index (χ3v) is 2.64. The lowest BCUT2D eigenvalue weighted by Gasteiger charge is -2.07. The first kappa shape index (κ1) is 13.3. The summed E-state index contributed by atoms with van der Waals surface area (Å²) in [5.41, 5.74) is 0.926. The van der Waals surface area contributed by atoms with Crippen LogP contribution in [0.4, 0.5) is 0 Å². The zero-order chi connectivity index (χ0) is 12.1. The Kier molecular flexibility index (Phi) is 5.03. The molecule has 0 spiro atoms. The van der Waals surface area contributed by atoms with E-state index in [0.29, 0.717) is 9.51 Å². The molecule has 1 amide bonds. The Bertz CT molecular complexity index is 398. The summed E-state index contributed by atoms with van der Waals surface area (Å²) in [6.07, 6.45) is 1.76. The molecule has 1 aromatic rings. The fourth-order valence-corrected chi connectivity index (χ4v) is 1.61. The molecule has 4 heteroatoms. The summed E-state index contributed by atoms with van der Waals surface area (Å²) >= 11 is 9.01. The smallest absolute Gasteiger partial charge is 0.258 e. The van der Waals surface area contributed by atoms with Crippen LogP contribution in [-0.2, 0) is 4.79 Å². The summed E-state index contributed by atoms with van der Waals surface area (Å²) < 4.78 is 0.503. The summed E-state index contributed by atoms with van der Waals surface area (Å²) in [6.45, 7) is 3.83. The third kappa shape index (κ3) is 4.37. The molecule has 0 aromatic heterocycles. The van der Waals surface area contributed by atoms with Gasteiger partial charge in [0.25, 0.3) is 5.91 Å². The van der Waals surface area contributed by atoms with Gasteiger partial charge in [-0.05, 0) is 53.5 Å². The molecule has 0 atom stereocenters. The van der Waals surface area contributed by atoms with E-state index in [0.717, 1.165) is 5.56 Å². The molecule has 0 heterocycles. The van der Waals surface area contributed by atoms with Crippen LogP contribution in [-0.4, -0.2) is 11.9 Å². The van der Waals surface area contributed by atoms with Crippen molar-refractivity contribution in [2.24, 2.45) is 0 Å². The standard InChI is InChI=1S/C12H13BrClNO/c1-8(2)15-12(16)11(13)7-9-3-5-10(14)6-4-9/h3-8H,1-2H3,(H,15,16). The molecule has 16 heavy (non-hydrogen) atoms. The Balaban J connectivity index is 2.76. The van der Waals surface area contributed by atoms with E-state index in [1.807, 2.05) is 26.0 Å². The molecule has 0 aliphatic heterocycles. The molecule has 0 unspecified atom stereocenters. The molecule has 0 aliphatic rings. The molecule has 2 nitrogen and oxygen atoms in total. The average Bonchev–Trinajstić information content (AvgIpc) is 2.20. The second-order valence-electron chi connectivity index (χ2n) is 3.67. The Morgan fingerprint density at radius 2 is 1.94 bits per heavy atom. The van der Waals surface area contributed by atoms with Crippen molar-refractivity contribution >= 4 is 39.5 Å². The van der Waals surface area contributed by atoms with Crippen molar-refractivity contribution in [1.82, 2.24) is 5.32 Å². The van der Waals surface area contributed by atoms with Crippen LogP contribution in [0.1, 0.15) is 19.4 Å². The summed E-state index contributed by atoms with van der Waals surface area (Å²) in [5, 5.41) is 3.47. The van der Waals surface area contributed by atoms with E-state index in [1.54, 1.807) is 18.2 Å². The van der Waals surface area contributed by atoms with E-state index in [-0.39, 0.29) is 11.9 Å². The quantitative estimate of drug-likeness (QED) is 0.849. The fourth-order valence-electron chi connectivity index (χ4n) is 1.10. The maximum atomic E-state index is 11.6. The van der Waals surface area contributed by atoms with Gasteiger partial charge in [0.15, 0.2) is 0 Å². The minimum atomic E-state index is -0.120. The fraction of sp³-hybridized carbons (Fsp3) is 0.250. The molecule has 86 valence electrons. The summed E-state index contributed by atoms with van der Waals surface area (Å²) in [7, 11) is 0. The minimum absolute atomic E-state index is 0.120. The van der Waals surface area contributed by atoms with E-state index in [4.69, 9.17) is 11.6 Å². The Labute approximate surface area is 109 Å².